The molecule has 2 aliphatic rings. The minimum Gasteiger partial charge on any atom is -0.446 e. The highest BCUT2D eigenvalue weighted by Crippen LogP contribution is 2.42. The van der Waals surface area contributed by atoms with Gasteiger partial charge in [0.25, 0.3) is 0 Å². The van der Waals surface area contributed by atoms with Crippen LogP contribution in [0.3, 0.4) is 0 Å². The van der Waals surface area contributed by atoms with Crippen LogP contribution in [0.4, 0.5) is 9.59 Å². The van der Waals surface area contributed by atoms with Crippen LogP contribution in [-0.2, 0) is 15.9 Å². The molecular formula is C26H37NO4. The zero-order valence-electron chi connectivity index (χ0n) is 19.5. The number of nitrogens with zero attached hydrogens (tertiary/aromatic N) is 1. The molecule has 2 atom stereocenters. The lowest BCUT2D eigenvalue weighted by molar-refractivity contribution is 0.0233. The van der Waals surface area contributed by atoms with Crippen molar-refractivity contribution in [3.05, 3.63) is 47.5 Å². The molecule has 0 bridgehead atoms. The van der Waals surface area contributed by atoms with Crippen molar-refractivity contribution in [2.24, 2.45) is 0 Å². The fourth-order valence-electron chi connectivity index (χ4n) is 4.42. The fourth-order valence-corrected chi connectivity index (χ4v) is 4.42. The number of aryl methyl sites for hydroxylation is 1. The summed E-state index contributed by atoms with van der Waals surface area (Å²) in [5, 5.41) is 0. The molecule has 3 rings (SSSR count). The number of carbonyl (C=O) groups excluding carboxylic acids is 2. The minimum atomic E-state index is -0.763. The molecule has 1 heterocycles. The molecule has 1 spiro atoms. The fraction of sp³-hybridized carbons (Fsp3) is 0.615. The third kappa shape index (κ3) is 5.90. The van der Waals surface area contributed by atoms with Gasteiger partial charge in [0.05, 0.1) is 0 Å². The maximum absolute atomic E-state index is 12.7. The molecule has 1 aromatic rings. The number of hydrogen-bond acceptors (Lipinski definition) is 4. The highest BCUT2D eigenvalue weighted by atomic mass is 16.6. The number of ether oxygens (including phenoxy) is 2. The average Bonchev–Trinajstić information content (AvgIpc) is 3.27. The van der Waals surface area contributed by atoms with Crippen LogP contribution in [-0.4, -0.2) is 34.8 Å². The van der Waals surface area contributed by atoms with Crippen LogP contribution >= 0.6 is 0 Å². The lowest BCUT2D eigenvalue weighted by Crippen LogP contribution is -2.50. The molecule has 5 nitrogen and oxygen atoms in total. The number of allylic oxidation sites excluding steroid dienone is 1. The Hall–Kier alpha value is -2.30. The summed E-state index contributed by atoms with van der Waals surface area (Å²) in [7, 11) is 0. The first-order valence-corrected chi connectivity index (χ1v) is 11.7. The van der Waals surface area contributed by atoms with Gasteiger partial charge in [0, 0.05) is 5.92 Å². The Morgan fingerprint density at radius 2 is 1.81 bits per heavy atom. The summed E-state index contributed by atoms with van der Waals surface area (Å²) >= 11 is 0. The average molecular weight is 428 g/mol. The number of carbonyl (C=O) groups is 2. The van der Waals surface area contributed by atoms with Gasteiger partial charge in [0.2, 0.25) is 0 Å². The Morgan fingerprint density at radius 3 is 2.48 bits per heavy atom. The second-order valence-corrected chi connectivity index (χ2v) is 9.90. The van der Waals surface area contributed by atoms with E-state index in [-0.39, 0.29) is 12.5 Å². The van der Waals surface area contributed by atoms with E-state index in [1.807, 2.05) is 6.08 Å². The maximum Gasteiger partial charge on any atom is 0.420 e. The monoisotopic (exact) mass is 427 g/mol. The largest absolute Gasteiger partial charge is 0.446 e. The summed E-state index contributed by atoms with van der Waals surface area (Å²) in [6.07, 6.45) is 12.3. The van der Waals surface area contributed by atoms with Crippen LogP contribution < -0.4 is 0 Å². The third-order valence-corrected chi connectivity index (χ3v) is 6.09. The second-order valence-electron chi connectivity index (χ2n) is 9.90. The molecule has 1 aliphatic carbocycles. The molecule has 1 aromatic carbocycles. The van der Waals surface area contributed by atoms with E-state index in [4.69, 9.17) is 9.47 Å². The quantitative estimate of drug-likeness (QED) is 0.340. The lowest BCUT2D eigenvalue weighted by atomic mass is 9.90. The van der Waals surface area contributed by atoms with Crippen LogP contribution in [0.25, 0.3) is 0 Å². The molecule has 1 fully saturated rings. The standard InChI is InChI=1S/C26H37NO4/c1-5-6-7-8-9-10-11-20-12-14-21(15-13-20)22-16-17-26(18-22)19-30-23(28)27(26)24(29)31-25(2,3)4/h12-17,22H,5-11,18-19H2,1-4H3/t22-,26-/m0/s1. The Labute approximate surface area is 186 Å². The molecule has 0 N–H and O–H groups in total. The first-order valence-electron chi connectivity index (χ1n) is 11.7. The molecular weight excluding hydrogens is 390 g/mol. The number of hydrogen-bond donors (Lipinski definition) is 0. The van der Waals surface area contributed by atoms with Gasteiger partial charge in [0.1, 0.15) is 17.7 Å². The number of amides is 2. The minimum absolute atomic E-state index is 0.141. The molecule has 1 aliphatic heterocycles. The molecule has 0 radical (unpaired) electrons. The highest BCUT2D eigenvalue weighted by molar-refractivity contribution is 5.91. The van der Waals surface area contributed by atoms with E-state index in [9.17, 15) is 9.59 Å². The smallest absolute Gasteiger partial charge is 0.420 e. The van der Waals surface area contributed by atoms with E-state index in [0.29, 0.717) is 6.42 Å². The van der Waals surface area contributed by atoms with Crippen LogP contribution in [0.2, 0.25) is 0 Å². The predicted molar refractivity (Wildman–Crippen MR) is 122 cm³/mol. The van der Waals surface area contributed by atoms with E-state index in [1.165, 1.54) is 49.7 Å². The van der Waals surface area contributed by atoms with Crippen LogP contribution in [0.15, 0.2) is 36.4 Å². The zero-order chi connectivity index (χ0) is 22.5. The van der Waals surface area contributed by atoms with E-state index >= 15 is 0 Å². The van der Waals surface area contributed by atoms with Crippen molar-refractivity contribution in [2.45, 2.75) is 96.1 Å². The summed E-state index contributed by atoms with van der Waals surface area (Å²) in [5.74, 6) is 0.141. The summed E-state index contributed by atoms with van der Waals surface area (Å²) in [6, 6.07) is 8.77. The molecule has 31 heavy (non-hydrogen) atoms. The predicted octanol–water partition coefficient (Wildman–Crippen LogP) is 6.76. The molecule has 1 saturated heterocycles. The Kier molecular flexibility index (Phi) is 7.45. The molecule has 0 aromatic heterocycles. The van der Waals surface area contributed by atoms with Crippen molar-refractivity contribution >= 4 is 12.2 Å². The number of benzene rings is 1. The summed E-state index contributed by atoms with van der Waals surface area (Å²) in [5.41, 5.74) is 1.13. The van der Waals surface area contributed by atoms with E-state index in [0.717, 1.165) is 11.3 Å². The molecule has 0 unspecified atom stereocenters. The van der Waals surface area contributed by atoms with Gasteiger partial charge in [-0.2, -0.15) is 4.90 Å². The number of rotatable bonds is 8. The number of unbranched alkanes of at least 4 members (excludes halogenated alkanes) is 5. The summed E-state index contributed by atoms with van der Waals surface area (Å²) in [4.78, 5) is 26.1. The van der Waals surface area contributed by atoms with Gasteiger partial charge in [-0.15, -0.1) is 0 Å². The van der Waals surface area contributed by atoms with Gasteiger partial charge in [-0.05, 0) is 51.2 Å². The SMILES string of the molecule is CCCCCCCCc1ccc([C@H]2C=C[C@@]3(COC(=O)N3C(=O)OC(C)(C)C)C2)cc1. The topological polar surface area (TPSA) is 55.8 Å². The second kappa shape index (κ2) is 9.88. The Balaban J connectivity index is 1.58. The van der Waals surface area contributed by atoms with Crippen molar-refractivity contribution in [3.63, 3.8) is 0 Å². The van der Waals surface area contributed by atoms with Crippen LogP contribution in [0, 0.1) is 0 Å². The number of cyclic esters (lactones) is 1. The number of imide groups is 1. The van der Waals surface area contributed by atoms with Crippen molar-refractivity contribution in [1.82, 2.24) is 4.90 Å². The maximum atomic E-state index is 12.7. The van der Waals surface area contributed by atoms with Crippen molar-refractivity contribution in [3.8, 4) is 0 Å². The van der Waals surface area contributed by atoms with Gasteiger partial charge in [0.15, 0.2) is 0 Å². The molecule has 170 valence electrons. The Morgan fingerprint density at radius 1 is 1.13 bits per heavy atom. The highest BCUT2D eigenvalue weighted by Gasteiger charge is 2.53. The van der Waals surface area contributed by atoms with Crippen LogP contribution in [0.1, 0.15) is 89.7 Å². The van der Waals surface area contributed by atoms with E-state index in [2.05, 4.69) is 37.3 Å². The van der Waals surface area contributed by atoms with Gasteiger partial charge in [-0.3, -0.25) is 0 Å². The normalized spacial score (nSPS) is 22.9. The van der Waals surface area contributed by atoms with Crippen molar-refractivity contribution < 1.29 is 19.1 Å². The van der Waals surface area contributed by atoms with E-state index < -0.39 is 23.3 Å². The third-order valence-electron chi connectivity index (χ3n) is 6.09. The lowest BCUT2D eigenvalue weighted by Gasteiger charge is -2.31. The van der Waals surface area contributed by atoms with Gasteiger partial charge >= 0.3 is 12.2 Å². The van der Waals surface area contributed by atoms with Crippen molar-refractivity contribution in [2.75, 3.05) is 6.61 Å². The van der Waals surface area contributed by atoms with E-state index in [1.54, 1.807) is 20.8 Å². The van der Waals surface area contributed by atoms with Gasteiger partial charge in [-0.25, -0.2) is 9.59 Å². The zero-order valence-corrected chi connectivity index (χ0v) is 19.5. The molecule has 0 saturated carbocycles. The van der Waals surface area contributed by atoms with Crippen molar-refractivity contribution in [1.29, 1.82) is 0 Å². The Bertz CT molecular complexity index is 793. The van der Waals surface area contributed by atoms with Gasteiger partial charge < -0.3 is 9.47 Å². The van der Waals surface area contributed by atoms with Crippen LogP contribution in [0.5, 0.6) is 0 Å². The summed E-state index contributed by atoms with van der Waals surface area (Å²) < 4.78 is 10.7. The van der Waals surface area contributed by atoms with Gasteiger partial charge in [-0.1, -0.05) is 75.4 Å². The molecule has 5 heteroatoms. The first kappa shape index (κ1) is 23.4. The molecule has 2 amide bonds. The summed E-state index contributed by atoms with van der Waals surface area (Å²) in [6.45, 7) is 7.79. The first-order chi connectivity index (χ1) is 14.7.